The quantitative estimate of drug-likeness (QED) is 0.602. The third kappa shape index (κ3) is 4.14. The molecule has 2 aromatic carbocycles. The Hall–Kier alpha value is -0.860. The molecule has 2 heteroatoms. The predicted octanol–water partition coefficient (Wildman–Crippen LogP) is 4.03. The SMILES string of the molecule is SC(S)(Cc1ccccc1)Cc1ccccc1. The normalized spacial score (nSPS) is 11.4. The number of rotatable bonds is 4. The average molecular weight is 260 g/mol. The number of hydrogen-bond acceptors (Lipinski definition) is 2. The van der Waals surface area contributed by atoms with Crippen molar-refractivity contribution in [1.82, 2.24) is 0 Å². The fourth-order valence-corrected chi connectivity index (χ4v) is 2.64. The molecule has 0 N–H and O–H groups in total. The molecule has 0 aliphatic rings. The molecule has 2 rings (SSSR count). The van der Waals surface area contributed by atoms with Crippen LogP contribution in [0.5, 0.6) is 0 Å². The van der Waals surface area contributed by atoms with Crippen molar-refractivity contribution >= 4 is 25.3 Å². The zero-order valence-corrected chi connectivity index (χ0v) is 11.4. The van der Waals surface area contributed by atoms with Crippen molar-refractivity contribution in [3.8, 4) is 0 Å². The molecule has 17 heavy (non-hydrogen) atoms. The Kier molecular flexibility index (Phi) is 4.19. The van der Waals surface area contributed by atoms with Crippen LogP contribution in [0.3, 0.4) is 0 Å². The minimum Gasteiger partial charge on any atom is -0.161 e. The zero-order valence-electron chi connectivity index (χ0n) is 9.58. The van der Waals surface area contributed by atoms with Gasteiger partial charge >= 0.3 is 0 Å². The molecule has 0 amide bonds. The van der Waals surface area contributed by atoms with Crippen LogP contribution in [-0.4, -0.2) is 4.08 Å². The number of benzene rings is 2. The van der Waals surface area contributed by atoms with Crippen molar-refractivity contribution < 1.29 is 0 Å². The summed E-state index contributed by atoms with van der Waals surface area (Å²) in [6.07, 6.45) is 1.71. The Bertz CT molecular complexity index is 405. The molecule has 2 aromatic rings. The summed E-state index contributed by atoms with van der Waals surface area (Å²) in [6, 6.07) is 20.7. The number of thiol groups is 2. The second-order valence-corrected chi connectivity index (χ2v) is 6.37. The fourth-order valence-electron chi connectivity index (χ4n) is 1.91. The van der Waals surface area contributed by atoms with E-state index in [9.17, 15) is 0 Å². The molecule has 0 spiro atoms. The molecule has 0 radical (unpaired) electrons. The Balaban J connectivity index is 2.04. The van der Waals surface area contributed by atoms with E-state index in [2.05, 4.69) is 73.8 Å². The van der Waals surface area contributed by atoms with Gasteiger partial charge in [0.1, 0.15) is 0 Å². The summed E-state index contributed by atoms with van der Waals surface area (Å²) in [5.74, 6) is 0. The van der Waals surface area contributed by atoms with Gasteiger partial charge in [0.05, 0.1) is 4.08 Å². The lowest BCUT2D eigenvalue weighted by atomic mass is 10.0. The van der Waals surface area contributed by atoms with E-state index in [0.29, 0.717) is 0 Å². The van der Waals surface area contributed by atoms with Crippen LogP contribution in [0.15, 0.2) is 60.7 Å². The van der Waals surface area contributed by atoms with E-state index in [1.54, 1.807) is 0 Å². The maximum absolute atomic E-state index is 4.67. The molecule has 88 valence electrons. The monoisotopic (exact) mass is 260 g/mol. The predicted molar refractivity (Wildman–Crippen MR) is 81.0 cm³/mol. The van der Waals surface area contributed by atoms with Crippen LogP contribution in [0, 0.1) is 0 Å². The zero-order chi connectivity index (χ0) is 12.1. The molecular weight excluding hydrogens is 244 g/mol. The van der Waals surface area contributed by atoms with Gasteiger partial charge in [0.25, 0.3) is 0 Å². The Morgan fingerprint density at radius 2 is 1.00 bits per heavy atom. The second-order valence-electron chi connectivity index (χ2n) is 4.31. The molecule has 0 saturated heterocycles. The van der Waals surface area contributed by atoms with E-state index in [1.165, 1.54) is 11.1 Å². The van der Waals surface area contributed by atoms with Crippen molar-refractivity contribution in [1.29, 1.82) is 0 Å². The van der Waals surface area contributed by atoms with Gasteiger partial charge in [-0.2, -0.15) is 25.3 Å². The van der Waals surface area contributed by atoms with E-state index in [-0.39, 0.29) is 4.08 Å². The topological polar surface area (TPSA) is 0 Å². The highest BCUT2D eigenvalue weighted by Crippen LogP contribution is 2.29. The van der Waals surface area contributed by atoms with Crippen molar-refractivity contribution in [3.05, 3.63) is 71.8 Å². The van der Waals surface area contributed by atoms with Crippen LogP contribution in [0.1, 0.15) is 11.1 Å². The maximum Gasteiger partial charge on any atom is 0.0632 e. The van der Waals surface area contributed by atoms with Gasteiger partial charge in [-0.25, -0.2) is 0 Å². The van der Waals surface area contributed by atoms with Gasteiger partial charge < -0.3 is 0 Å². The van der Waals surface area contributed by atoms with Gasteiger partial charge in [0, 0.05) is 0 Å². The van der Waals surface area contributed by atoms with Crippen molar-refractivity contribution in [3.63, 3.8) is 0 Å². The van der Waals surface area contributed by atoms with Crippen LogP contribution >= 0.6 is 25.3 Å². The Labute approximate surface area is 114 Å². The molecule has 0 saturated carbocycles. The van der Waals surface area contributed by atoms with Gasteiger partial charge in [-0.3, -0.25) is 0 Å². The first-order valence-corrected chi connectivity index (χ1v) is 6.58. The number of hydrogen-bond donors (Lipinski definition) is 2. The van der Waals surface area contributed by atoms with Gasteiger partial charge in [0.2, 0.25) is 0 Å². The standard InChI is InChI=1S/C15H16S2/c16-15(17,11-13-7-3-1-4-8-13)12-14-9-5-2-6-10-14/h1-10,16-17H,11-12H2. The first-order valence-electron chi connectivity index (χ1n) is 5.68. The lowest BCUT2D eigenvalue weighted by Crippen LogP contribution is -2.20. The molecule has 0 fully saturated rings. The summed E-state index contributed by atoms with van der Waals surface area (Å²) in [6.45, 7) is 0. The van der Waals surface area contributed by atoms with Crippen molar-refractivity contribution in [2.24, 2.45) is 0 Å². The molecule has 0 heterocycles. The van der Waals surface area contributed by atoms with E-state index < -0.39 is 0 Å². The van der Waals surface area contributed by atoms with Crippen LogP contribution in [0.2, 0.25) is 0 Å². The molecular formula is C15H16S2. The fraction of sp³-hybridized carbons (Fsp3) is 0.200. The summed E-state index contributed by atoms with van der Waals surface area (Å²) < 4.78 is -0.303. The lowest BCUT2D eigenvalue weighted by molar-refractivity contribution is 0.797. The highest BCUT2D eigenvalue weighted by atomic mass is 32.2. The summed E-state index contributed by atoms with van der Waals surface area (Å²) >= 11 is 9.35. The lowest BCUT2D eigenvalue weighted by Gasteiger charge is -2.22. The summed E-state index contributed by atoms with van der Waals surface area (Å²) in [4.78, 5) is 0. The average Bonchev–Trinajstić information content (AvgIpc) is 2.30. The third-order valence-corrected chi connectivity index (χ3v) is 3.29. The highest BCUT2D eigenvalue weighted by molar-refractivity contribution is 8.00. The second kappa shape index (κ2) is 5.65. The molecule has 0 aliphatic carbocycles. The molecule has 0 bridgehead atoms. The highest BCUT2D eigenvalue weighted by Gasteiger charge is 2.21. The van der Waals surface area contributed by atoms with Crippen molar-refractivity contribution in [2.75, 3.05) is 0 Å². The van der Waals surface area contributed by atoms with Gasteiger partial charge in [-0.1, -0.05) is 60.7 Å². The minimum absolute atomic E-state index is 0.303. The molecule has 0 atom stereocenters. The van der Waals surface area contributed by atoms with Crippen molar-refractivity contribution in [2.45, 2.75) is 16.9 Å². The van der Waals surface area contributed by atoms with Gasteiger partial charge in [-0.15, -0.1) is 0 Å². The van der Waals surface area contributed by atoms with Gasteiger partial charge in [-0.05, 0) is 24.0 Å². The van der Waals surface area contributed by atoms with E-state index in [4.69, 9.17) is 0 Å². The molecule has 0 aliphatic heterocycles. The largest absolute Gasteiger partial charge is 0.161 e. The summed E-state index contributed by atoms with van der Waals surface area (Å²) in [7, 11) is 0. The van der Waals surface area contributed by atoms with Crippen LogP contribution in [0.4, 0.5) is 0 Å². The van der Waals surface area contributed by atoms with Crippen LogP contribution in [-0.2, 0) is 12.8 Å². The summed E-state index contributed by atoms with van der Waals surface area (Å²) in [5, 5.41) is 0. The first kappa shape index (κ1) is 12.6. The minimum atomic E-state index is -0.303. The first-order chi connectivity index (χ1) is 8.16. The van der Waals surface area contributed by atoms with Crippen LogP contribution < -0.4 is 0 Å². The molecule has 0 aromatic heterocycles. The molecule has 0 unspecified atom stereocenters. The Morgan fingerprint density at radius 3 is 1.35 bits per heavy atom. The molecule has 0 nitrogen and oxygen atoms in total. The maximum atomic E-state index is 4.67. The third-order valence-electron chi connectivity index (χ3n) is 2.66. The van der Waals surface area contributed by atoms with Crippen LogP contribution in [0.25, 0.3) is 0 Å². The van der Waals surface area contributed by atoms with E-state index in [1.807, 2.05) is 12.1 Å². The van der Waals surface area contributed by atoms with E-state index in [0.717, 1.165) is 12.8 Å². The van der Waals surface area contributed by atoms with Gasteiger partial charge in [0.15, 0.2) is 0 Å². The summed E-state index contributed by atoms with van der Waals surface area (Å²) in [5.41, 5.74) is 2.54. The Morgan fingerprint density at radius 1 is 0.647 bits per heavy atom. The smallest absolute Gasteiger partial charge is 0.0632 e. The van der Waals surface area contributed by atoms with E-state index >= 15 is 0 Å².